The Hall–Kier alpha value is -4.42. The highest BCUT2D eigenvalue weighted by Crippen LogP contribution is 2.32. The standard InChI is InChI=1S/C32H30F3N5O/c1-20(2)23-11-13-24(14-12-23)30(37-19-21-9-10-21)25-6-4-7-26(16-25)38-31(41)28-17-29(32(33,34)35)39-40(28)27-8-3-5-22(15-27)18-36/h3-8,11-17,20-21,30,37H,9-10,19H2,1-2H3,(H,38,41). The molecule has 210 valence electrons. The molecule has 1 saturated carbocycles. The topological polar surface area (TPSA) is 82.7 Å². The second kappa shape index (κ2) is 11.6. The molecule has 0 aliphatic heterocycles. The second-order valence-electron chi connectivity index (χ2n) is 10.7. The molecule has 9 heteroatoms. The van der Waals surface area contributed by atoms with Gasteiger partial charge >= 0.3 is 6.18 Å². The molecule has 0 spiro atoms. The van der Waals surface area contributed by atoms with Gasteiger partial charge in [0.05, 0.1) is 23.4 Å². The molecule has 41 heavy (non-hydrogen) atoms. The van der Waals surface area contributed by atoms with Gasteiger partial charge in [0, 0.05) is 11.8 Å². The zero-order valence-corrected chi connectivity index (χ0v) is 22.7. The molecule has 1 aliphatic rings. The monoisotopic (exact) mass is 557 g/mol. The number of carbonyl (C=O) groups excluding carboxylic acids is 1. The summed E-state index contributed by atoms with van der Waals surface area (Å²) in [5, 5.41) is 19.3. The zero-order valence-electron chi connectivity index (χ0n) is 22.7. The van der Waals surface area contributed by atoms with Crippen LogP contribution in [0.3, 0.4) is 0 Å². The van der Waals surface area contributed by atoms with Gasteiger partial charge in [-0.2, -0.15) is 23.5 Å². The van der Waals surface area contributed by atoms with E-state index in [0.717, 1.165) is 22.4 Å². The Kier molecular flexibility index (Phi) is 7.95. The fourth-order valence-electron chi connectivity index (χ4n) is 4.68. The van der Waals surface area contributed by atoms with Crippen molar-refractivity contribution in [2.24, 2.45) is 5.92 Å². The highest BCUT2D eigenvalue weighted by Gasteiger charge is 2.36. The van der Waals surface area contributed by atoms with E-state index in [-0.39, 0.29) is 23.0 Å². The summed E-state index contributed by atoms with van der Waals surface area (Å²) in [6.07, 6.45) is -2.35. The maximum Gasteiger partial charge on any atom is 0.435 e. The molecule has 1 aromatic heterocycles. The smallest absolute Gasteiger partial charge is 0.321 e. The van der Waals surface area contributed by atoms with Crippen molar-refractivity contribution >= 4 is 11.6 Å². The van der Waals surface area contributed by atoms with Crippen LogP contribution in [0.2, 0.25) is 0 Å². The number of halogens is 3. The maximum atomic E-state index is 13.6. The minimum atomic E-state index is -4.75. The van der Waals surface area contributed by atoms with Crippen molar-refractivity contribution in [3.63, 3.8) is 0 Å². The SMILES string of the molecule is CC(C)c1ccc(C(NCC2CC2)c2cccc(NC(=O)c3cc(C(F)(F)F)nn3-c3cccc(C#N)c3)c2)cc1. The number of alkyl halides is 3. The van der Waals surface area contributed by atoms with Crippen molar-refractivity contribution in [1.29, 1.82) is 5.26 Å². The number of nitriles is 1. The molecule has 1 amide bonds. The molecule has 1 atom stereocenters. The van der Waals surface area contributed by atoms with Crippen LogP contribution in [0.5, 0.6) is 0 Å². The Bertz CT molecular complexity index is 1580. The van der Waals surface area contributed by atoms with Crippen molar-refractivity contribution in [1.82, 2.24) is 15.1 Å². The molecule has 1 unspecified atom stereocenters. The minimum absolute atomic E-state index is 0.121. The summed E-state index contributed by atoms with van der Waals surface area (Å²) in [5.74, 6) is 0.309. The third-order valence-corrected chi connectivity index (χ3v) is 7.17. The Balaban J connectivity index is 1.45. The van der Waals surface area contributed by atoms with Gasteiger partial charge in [-0.05, 0) is 78.2 Å². The Labute approximate surface area is 236 Å². The summed E-state index contributed by atoms with van der Waals surface area (Å²) in [6, 6.07) is 24.2. The molecular weight excluding hydrogens is 527 g/mol. The van der Waals surface area contributed by atoms with Gasteiger partial charge in [0.25, 0.3) is 5.91 Å². The van der Waals surface area contributed by atoms with E-state index in [1.165, 1.54) is 42.7 Å². The summed E-state index contributed by atoms with van der Waals surface area (Å²) < 4.78 is 41.6. The van der Waals surface area contributed by atoms with Crippen molar-refractivity contribution in [3.05, 3.63) is 113 Å². The lowest BCUT2D eigenvalue weighted by molar-refractivity contribution is -0.141. The number of hydrogen-bond acceptors (Lipinski definition) is 4. The number of aromatic nitrogens is 2. The van der Waals surface area contributed by atoms with Crippen LogP contribution < -0.4 is 10.6 Å². The van der Waals surface area contributed by atoms with Crippen molar-refractivity contribution in [2.45, 2.75) is 44.8 Å². The quantitative estimate of drug-likeness (QED) is 0.228. The lowest BCUT2D eigenvalue weighted by Crippen LogP contribution is -2.25. The molecule has 1 fully saturated rings. The summed E-state index contributed by atoms with van der Waals surface area (Å²) in [4.78, 5) is 13.4. The van der Waals surface area contributed by atoms with E-state index in [2.05, 4.69) is 53.8 Å². The van der Waals surface area contributed by atoms with Gasteiger partial charge in [-0.3, -0.25) is 4.79 Å². The van der Waals surface area contributed by atoms with E-state index < -0.39 is 17.8 Å². The van der Waals surface area contributed by atoms with Crippen LogP contribution in [0.1, 0.15) is 77.1 Å². The van der Waals surface area contributed by atoms with E-state index in [9.17, 15) is 23.2 Å². The molecule has 4 aromatic rings. The normalized spacial score (nSPS) is 14.1. The first-order chi connectivity index (χ1) is 19.6. The van der Waals surface area contributed by atoms with Crippen LogP contribution in [-0.4, -0.2) is 22.2 Å². The van der Waals surface area contributed by atoms with Crippen LogP contribution >= 0.6 is 0 Å². The van der Waals surface area contributed by atoms with Crippen molar-refractivity contribution in [3.8, 4) is 11.8 Å². The molecule has 6 nitrogen and oxygen atoms in total. The van der Waals surface area contributed by atoms with Gasteiger partial charge in [0.15, 0.2) is 5.69 Å². The summed E-state index contributed by atoms with van der Waals surface area (Å²) in [5.41, 5.74) is 2.60. The van der Waals surface area contributed by atoms with Gasteiger partial charge in [-0.15, -0.1) is 0 Å². The van der Waals surface area contributed by atoms with Gasteiger partial charge < -0.3 is 10.6 Å². The fourth-order valence-corrected chi connectivity index (χ4v) is 4.68. The maximum absolute atomic E-state index is 13.6. The number of rotatable bonds is 9. The molecule has 1 heterocycles. The summed E-state index contributed by atoms with van der Waals surface area (Å²) in [7, 11) is 0. The molecule has 3 aromatic carbocycles. The predicted octanol–water partition coefficient (Wildman–Crippen LogP) is 7.23. The Morgan fingerprint density at radius 1 is 1.00 bits per heavy atom. The van der Waals surface area contributed by atoms with Crippen LogP contribution in [0, 0.1) is 17.2 Å². The minimum Gasteiger partial charge on any atom is -0.321 e. The van der Waals surface area contributed by atoms with E-state index >= 15 is 0 Å². The molecule has 0 bridgehead atoms. The zero-order chi connectivity index (χ0) is 29.1. The second-order valence-corrected chi connectivity index (χ2v) is 10.7. The van der Waals surface area contributed by atoms with E-state index in [1.54, 1.807) is 6.07 Å². The van der Waals surface area contributed by atoms with Gasteiger partial charge in [0.1, 0.15) is 5.69 Å². The first-order valence-corrected chi connectivity index (χ1v) is 13.5. The van der Waals surface area contributed by atoms with Crippen LogP contribution in [-0.2, 0) is 6.18 Å². The number of amides is 1. The largest absolute Gasteiger partial charge is 0.435 e. The first kappa shape index (κ1) is 28.1. The van der Waals surface area contributed by atoms with E-state index in [1.807, 2.05) is 24.3 Å². The molecule has 0 saturated heterocycles. The Morgan fingerprint density at radius 3 is 2.37 bits per heavy atom. The average Bonchev–Trinajstić information content (AvgIpc) is 3.66. The van der Waals surface area contributed by atoms with Crippen LogP contribution in [0.25, 0.3) is 5.69 Å². The number of hydrogen-bond donors (Lipinski definition) is 2. The lowest BCUT2D eigenvalue weighted by atomic mass is 9.95. The lowest BCUT2D eigenvalue weighted by Gasteiger charge is -2.21. The third kappa shape index (κ3) is 6.67. The highest BCUT2D eigenvalue weighted by atomic mass is 19.4. The van der Waals surface area contributed by atoms with Crippen molar-refractivity contribution in [2.75, 3.05) is 11.9 Å². The fraction of sp³-hybridized carbons (Fsp3) is 0.281. The van der Waals surface area contributed by atoms with E-state index in [0.29, 0.717) is 23.6 Å². The molecule has 5 rings (SSSR count). The molecular formula is C32H30F3N5O. The van der Waals surface area contributed by atoms with Crippen molar-refractivity contribution < 1.29 is 18.0 Å². The third-order valence-electron chi connectivity index (χ3n) is 7.17. The highest BCUT2D eigenvalue weighted by molar-refractivity contribution is 6.03. The summed E-state index contributed by atoms with van der Waals surface area (Å²) >= 11 is 0. The van der Waals surface area contributed by atoms with Gasteiger partial charge in [0.2, 0.25) is 0 Å². The number of nitrogens with one attached hydrogen (secondary N) is 2. The van der Waals surface area contributed by atoms with Gasteiger partial charge in [-0.25, -0.2) is 4.68 Å². The summed E-state index contributed by atoms with van der Waals surface area (Å²) in [6.45, 7) is 5.16. The number of nitrogens with zero attached hydrogens (tertiary/aromatic N) is 3. The number of carbonyl (C=O) groups is 1. The molecule has 2 N–H and O–H groups in total. The predicted molar refractivity (Wildman–Crippen MR) is 151 cm³/mol. The van der Waals surface area contributed by atoms with Gasteiger partial charge in [-0.1, -0.05) is 56.3 Å². The number of anilines is 1. The average molecular weight is 558 g/mol. The van der Waals surface area contributed by atoms with Crippen LogP contribution in [0.15, 0.2) is 78.9 Å². The first-order valence-electron chi connectivity index (χ1n) is 13.5. The van der Waals surface area contributed by atoms with E-state index in [4.69, 9.17) is 0 Å². The molecule has 1 aliphatic carbocycles. The van der Waals surface area contributed by atoms with Crippen LogP contribution in [0.4, 0.5) is 18.9 Å². The molecule has 0 radical (unpaired) electrons. The Morgan fingerprint density at radius 2 is 1.71 bits per heavy atom. The number of benzene rings is 3.